The summed E-state index contributed by atoms with van der Waals surface area (Å²) in [5.41, 5.74) is 0. The van der Waals surface area contributed by atoms with Gasteiger partial charge in [-0.25, -0.2) is 0 Å². The lowest BCUT2D eigenvalue weighted by Crippen LogP contribution is -2.28. The molecule has 0 unspecified atom stereocenters. The molecule has 1 saturated heterocycles. The Morgan fingerprint density at radius 1 is 1.44 bits per heavy atom. The fourth-order valence-electron chi connectivity index (χ4n) is 0.796. The summed E-state index contributed by atoms with van der Waals surface area (Å²) in [5, 5.41) is 0. The molecule has 53 valence electrons. The SMILES string of the molecule is CCC1OC[C](C)CO1. The Bertz CT molecular complexity index is 75.0. The van der Waals surface area contributed by atoms with Gasteiger partial charge in [-0.3, -0.25) is 0 Å². The van der Waals surface area contributed by atoms with Gasteiger partial charge in [0, 0.05) is 5.92 Å². The summed E-state index contributed by atoms with van der Waals surface area (Å²) in [5.74, 6) is 1.28. The topological polar surface area (TPSA) is 18.5 Å². The van der Waals surface area contributed by atoms with E-state index in [4.69, 9.17) is 9.47 Å². The van der Waals surface area contributed by atoms with Crippen LogP contribution in [-0.4, -0.2) is 19.5 Å². The molecule has 0 aromatic rings. The second kappa shape index (κ2) is 3.18. The molecular formula is C7H13O2. The van der Waals surface area contributed by atoms with Crippen molar-refractivity contribution >= 4 is 0 Å². The monoisotopic (exact) mass is 129 g/mol. The zero-order valence-electron chi connectivity index (χ0n) is 6.02. The molecule has 1 radical (unpaired) electrons. The average molecular weight is 129 g/mol. The first kappa shape index (κ1) is 7.03. The Morgan fingerprint density at radius 3 is 2.44 bits per heavy atom. The fourth-order valence-corrected chi connectivity index (χ4v) is 0.796. The van der Waals surface area contributed by atoms with Gasteiger partial charge in [-0.1, -0.05) is 13.8 Å². The molecule has 0 spiro atoms. The van der Waals surface area contributed by atoms with Crippen LogP contribution in [0.15, 0.2) is 0 Å². The van der Waals surface area contributed by atoms with Crippen molar-refractivity contribution < 1.29 is 9.47 Å². The molecule has 0 amide bonds. The van der Waals surface area contributed by atoms with E-state index >= 15 is 0 Å². The third-order valence-electron chi connectivity index (χ3n) is 1.36. The summed E-state index contributed by atoms with van der Waals surface area (Å²) in [6.07, 6.45) is 1.00. The highest BCUT2D eigenvalue weighted by atomic mass is 16.7. The van der Waals surface area contributed by atoms with E-state index < -0.39 is 0 Å². The van der Waals surface area contributed by atoms with Crippen LogP contribution in [0.1, 0.15) is 20.3 Å². The summed E-state index contributed by atoms with van der Waals surface area (Å²) in [6.45, 7) is 5.66. The molecule has 0 N–H and O–H groups in total. The minimum atomic E-state index is 0.0497. The van der Waals surface area contributed by atoms with Crippen LogP contribution >= 0.6 is 0 Å². The highest BCUT2D eigenvalue weighted by Gasteiger charge is 2.16. The molecule has 1 fully saturated rings. The predicted octanol–water partition coefficient (Wildman–Crippen LogP) is 1.36. The maximum absolute atomic E-state index is 5.28. The van der Waals surface area contributed by atoms with Crippen LogP contribution < -0.4 is 0 Å². The zero-order chi connectivity index (χ0) is 6.69. The Morgan fingerprint density at radius 2 is 2.00 bits per heavy atom. The van der Waals surface area contributed by atoms with Crippen LogP contribution in [0.3, 0.4) is 0 Å². The van der Waals surface area contributed by atoms with Gasteiger partial charge in [0.15, 0.2) is 6.29 Å². The molecule has 0 aliphatic carbocycles. The van der Waals surface area contributed by atoms with Crippen molar-refractivity contribution in [1.29, 1.82) is 0 Å². The van der Waals surface area contributed by atoms with Gasteiger partial charge in [-0.2, -0.15) is 0 Å². The largest absolute Gasteiger partial charge is 0.352 e. The third-order valence-corrected chi connectivity index (χ3v) is 1.36. The molecular weight excluding hydrogens is 116 g/mol. The molecule has 0 bridgehead atoms. The van der Waals surface area contributed by atoms with Crippen molar-refractivity contribution in [2.75, 3.05) is 13.2 Å². The second-order valence-electron chi connectivity index (χ2n) is 2.42. The molecule has 1 heterocycles. The van der Waals surface area contributed by atoms with Gasteiger partial charge in [-0.15, -0.1) is 0 Å². The van der Waals surface area contributed by atoms with Crippen LogP contribution in [0.25, 0.3) is 0 Å². The highest BCUT2D eigenvalue weighted by Crippen LogP contribution is 2.13. The van der Waals surface area contributed by atoms with Crippen molar-refractivity contribution in [3.63, 3.8) is 0 Å². The smallest absolute Gasteiger partial charge is 0.157 e. The van der Waals surface area contributed by atoms with E-state index in [1.54, 1.807) is 0 Å². The van der Waals surface area contributed by atoms with E-state index in [-0.39, 0.29) is 6.29 Å². The molecule has 1 rings (SSSR count). The second-order valence-corrected chi connectivity index (χ2v) is 2.42. The molecule has 1 aliphatic rings. The van der Waals surface area contributed by atoms with Crippen LogP contribution in [0.4, 0.5) is 0 Å². The standard InChI is InChI=1S/C7H13O2/c1-3-7-8-4-6(2)5-9-7/h7H,3-5H2,1-2H3. The minimum absolute atomic E-state index is 0.0497. The van der Waals surface area contributed by atoms with Gasteiger partial charge in [0.05, 0.1) is 13.2 Å². The Hall–Kier alpha value is -0.0800. The molecule has 0 aromatic carbocycles. The number of rotatable bonds is 1. The van der Waals surface area contributed by atoms with Gasteiger partial charge in [-0.05, 0) is 6.42 Å². The van der Waals surface area contributed by atoms with Gasteiger partial charge in [0.25, 0.3) is 0 Å². The Balaban J connectivity index is 2.18. The zero-order valence-corrected chi connectivity index (χ0v) is 6.02. The van der Waals surface area contributed by atoms with E-state index in [1.807, 2.05) is 6.92 Å². The third kappa shape index (κ3) is 1.95. The summed E-state index contributed by atoms with van der Waals surface area (Å²) >= 11 is 0. The van der Waals surface area contributed by atoms with Gasteiger partial charge in [0.2, 0.25) is 0 Å². The maximum atomic E-state index is 5.28. The first-order valence-electron chi connectivity index (χ1n) is 3.37. The van der Waals surface area contributed by atoms with E-state index in [0.29, 0.717) is 0 Å². The first-order chi connectivity index (χ1) is 4.33. The molecule has 0 saturated carbocycles. The van der Waals surface area contributed by atoms with Crippen molar-refractivity contribution in [2.45, 2.75) is 26.6 Å². The van der Waals surface area contributed by atoms with Crippen LogP contribution in [0, 0.1) is 5.92 Å². The summed E-state index contributed by atoms with van der Waals surface area (Å²) in [4.78, 5) is 0. The van der Waals surface area contributed by atoms with Gasteiger partial charge >= 0.3 is 0 Å². The first-order valence-corrected chi connectivity index (χ1v) is 3.37. The molecule has 2 heteroatoms. The van der Waals surface area contributed by atoms with Crippen molar-refractivity contribution in [1.82, 2.24) is 0 Å². The fraction of sp³-hybridized carbons (Fsp3) is 0.857. The lowest BCUT2D eigenvalue weighted by atomic mass is 10.2. The van der Waals surface area contributed by atoms with E-state index in [0.717, 1.165) is 19.6 Å². The summed E-state index contributed by atoms with van der Waals surface area (Å²) in [6, 6.07) is 0. The quantitative estimate of drug-likeness (QED) is 0.532. The Kier molecular flexibility index (Phi) is 2.49. The molecule has 2 nitrogen and oxygen atoms in total. The van der Waals surface area contributed by atoms with E-state index in [2.05, 4.69) is 6.92 Å². The normalized spacial score (nSPS) is 24.7. The number of hydrogen-bond donors (Lipinski definition) is 0. The number of ether oxygens (including phenoxy) is 2. The van der Waals surface area contributed by atoms with Crippen LogP contribution in [0.2, 0.25) is 0 Å². The van der Waals surface area contributed by atoms with Crippen molar-refractivity contribution in [3.05, 3.63) is 5.92 Å². The minimum Gasteiger partial charge on any atom is -0.352 e. The van der Waals surface area contributed by atoms with Crippen molar-refractivity contribution in [2.24, 2.45) is 0 Å². The summed E-state index contributed by atoms with van der Waals surface area (Å²) < 4.78 is 10.6. The van der Waals surface area contributed by atoms with E-state index in [1.165, 1.54) is 5.92 Å². The average Bonchev–Trinajstić information content (AvgIpc) is 1.90. The lowest BCUT2D eigenvalue weighted by molar-refractivity contribution is -0.167. The predicted molar refractivity (Wildman–Crippen MR) is 34.9 cm³/mol. The van der Waals surface area contributed by atoms with Crippen LogP contribution in [0.5, 0.6) is 0 Å². The molecule has 1 aliphatic heterocycles. The molecule has 9 heavy (non-hydrogen) atoms. The van der Waals surface area contributed by atoms with Gasteiger partial charge in [0.1, 0.15) is 0 Å². The maximum Gasteiger partial charge on any atom is 0.157 e. The molecule has 0 aromatic heterocycles. The summed E-state index contributed by atoms with van der Waals surface area (Å²) in [7, 11) is 0. The van der Waals surface area contributed by atoms with Crippen LogP contribution in [-0.2, 0) is 9.47 Å². The molecule has 0 atom stereocenters. The van der Waals surface area contributed by atoms with E-state index in [9.17, 15) is 0 Å². The highest BCUT2D eigenvalue weighted by molar-refractivity contribution is 4.85. The number of hydrogen-bond acceptors (Lipinski definition) is 2. The Labute approximate surface area is 56.2 Å². The lowest BCUT2D eigenvalue weighted by Gasteiger charge is -2.25. The van der Waals surface area contributed by atoms with Gasteiger partial charge < -0.3 is 9.47 Å². The van der Waals surface area contributed by atoms with Crippen molar-refractivity contribution in [3.8, 4) is 0 Å².